The summed E-state index contributed by atoms with van der Waals surface area (Å²) in [6.07, 6.45) is 1.00. The van der Waals surface area contributed by atoms with E-state index in [0.717, 1.165) is 16.6 Å². The summed E-state index contributed by atoms with van der Waals surface area (Å²) in [6, 6.07) is 16.3. The Labute approximate surface area is 133 Å². The molecular formula is C17H17BrN2O. The van der Waals surface area contributed by atoms with Gasteiger partial charge in [0.2, 0.25) is 5.91 Å². The Bertz CT molecular complexity index is 671. The van der Waals surface area contributed by atoms with Gasteiger partial charge in [0.15, 0.2) is 0 Å². The van der Waals surface area contributed by atoms with Crippen LogP contribution in [0.3, 0.4) is 0 Å². The van der Waals surface area contributed by atoms with E-state index < -0.39 is 0 Å². The fourth-order valence-corrected chi connectivity index (χ4v) is 3.19. The summed E-state index contributed by atoms with van der Waals surface area (Å²) >= 11 is 3.41. The van der Waals surface area contributed by atoms with Gasteiger partial charge in [-0.3, -0.25) is 4.79 Å². The number of carbonyl (C=O) groups is 1. The summed E-state index contributed by atoms with van der Waals surface area (Å²) in [7, 11) is 0. The first-order chi connectivity index (χ1) is 10.1. The van der Waals surface area contributed by atoms with E-state index in [1.54, 1.807) is 0 Å². The van der Waals surface area contributed by atoms with Gasteiger partial charge in [-0.2, -0.15) is 0 Å². The molecule has 3 rings (SSSR count). The fourth-order valence-electron chi connectivity index (χ4n) is 2.79. The number of carbonyl (C=O) groups excluding carboxylic acids is 1. The van der Waals surface area contributed by atoms with Gasteiger partial charge in [0.1, 0.15) is 0 Å². The van der Waals surface area contributed by atoms with Crippen molar-refractivity contribution in [2.45, 2.75) is 19.4 Å². The smallest absolute Gasteiger partial charge is 0.243 e. The summed E-state index contributed by atoms with van der Waals surface area (Å²) in [5, 5.41) is 2.95. The molecule has 0 fully saturated rings. The van der Waals surface area contributed by atoms with Crippen LogP contribution in [0.1, 0.15) is 12.5 Å². The maximum absolute atomic E-state index is 12.3. The zero-order valence-electron chi connectivity index (χ0n) is 11.8. The Hall–Kier alpha value is -1.81. The predicted molar refractivity (Wildman–Crippen MR) is 89.7 cm³/mol. The van der Waals surface area contributed by atoms with Crippen LogP contribution in [-0.2, 0) is 11.2 Å². The Morgan fingerprint density at radius 1 is 1.29 bits per heavy atom. The second kappa shape index (κ2) is 5.90. The number of para-hydroxylation sites is 1. The standard InChI is InChI=1S/C17H17BrN2O/c1-12-9-13-5-2-3-8-16(13)20(12)11-17(21)19-15-7-4-6-14(18)10-15/h2-8,10,12H,9,11H2,1H3,(H,19,21)/t12-/m0/s1. The van der Waals surface area contributed by atoms with Gasteiger partial charge in [-0.15, -0.1) is 0 Å². The van der Waals surface area contributed by atoms with Crippen molar-refractivity contribution in [2.75, 3.05) is 16.8 Å². The summed E-state index contributed by atoms with van der Waals surface area (Å²) < 4.78 is 0.959. The molecule has 0 saturated heterocycles. The molecule has 0 unspecified atom stereocenters. The number of benzene rings is 2. The first-order valence-corrected chi connectivity index (χ1v) is 7.83. The molecule has 4 heteroatoms. The molecule has 108 valence electrons. The van der Waals surface area contributed by atoms with Crippen LogP contribution in [0.25, 0.3) is 0 Å². The number of nitrogens with zero attached hydrogens (tertiary/aromatic N) is 1. The van der Waals surface area contributed by atoms with Gasteiger partial charge >= 0.3 is 0 Å². The van der Waals surface area contributed by atoms with Crippen LogP contribution in [-0.4, -0.2) is 18.5 Å². The third-order valence-corrected chi connectivity index (χ3v) is 4.26. The van der Waals surface area contributed by atoms with Gasteiger partial charge in [0.05, 0.1) is 6.54 Å². The fraction of sp³-hybridized carbons (Fsp3) is 0.235. The van der Waals surface area contributed by atoms with Crippen molar-refractivity contribution in [3.05, 3.63) is 58.6 Å². The average molecular weight is 345 g/mol. The summed E-state index contributed by atoms with van der Waals surface area (Å²) in [5.74, 6) is 0.0108. The van der Waals surface area contributed by atoms with E-state index in [0.29, 0.717) is 12.6 Å². The number of nitrogens with one attached hydrogen (secondary N) is 1. The predicted octanol–water partition coefficient (Wildman–Crippen LogP) is 3.84. The third-order valence-electron chi connectivity index (χ3n) is 3.77. The molecule has 0 aliphatic carbocycles. The van der Waals surface area contributed by atoms with Crippen LogP contribution in [0.5, 0.6) is 0 Å². The second-order valence-electron chi connectivity index (χ2n) is 5.37. The lowest BCUT2D eigenvalue weighted by atomic mass is 10.1. The van der Waals surface area contributed by atoms with Crippen LogP contribution in [0.15, 0.2) is 53.0 Å². The molecule has 1 heterocycles. The molecule has 1 N–H and O–H groups in total. The molecule has 3 nitrogen and oxygen atoms in total. The Kier molecular flexibility index (Phi) is 3.97. The SMILES string of the molecule is C[C@H]1Cc2ccccc2N1CC(=O)Nc1cccc(Br)c1. The zero-order chi connectivity index (χ0) is 14.8. The molecule has 0 spiro atoms. The minimum Gasteiger partial charge on any atom is -0.359 e. The van der Waals surface area contributed by atoms with E-state index in [-0.39, 0.29) is 5.91 Å². The van der Waals surface area contributed by atoms with Crippen molar-refractivity contribution in [1.82, 2.24) is 0 Å². The average Bonchev–Trinajstić information content (AvgIpc) is 2.75. The number of amides is 1. The van der Waals surface area contributed by atoms with Crippen molar-refractivity contribution in [1.29, 1.82) is 0 Å². The summed E-state index contributed by atoms with van der Waals surface area (Å²) in [4.78, 5) is 14.4. The van der Waals surface area contributed by atoms with E-state index >= 15 is 0 Å². The van der Waals surface area contributed by atoms with E-state index in [1.807, 2.05) is 30.3 Å². The number of anilines is 2. The summed E-state index contributed by atoms with van der Waals surface area (Å²) in [6.45, 7) is 2.54. The van der Waals surface area contributed by atoms with Crippen molar-refractivity contribution in [2.24, 2.45) is 0 Å². The number of rotatable bonds is 3. The van der Waals surface area contributed by atoms with Crippen molar-refractivity contribution in [3.8, 4) is 0 Å². The maximum Gasteiger partial charge on any atom is 0.243 e. The monoisotopic (exact) mass is 344 g/mol. The number of fused-ring (bicyclic) bond motifs is 1. The molecule has 1 aliphatic heterocycles. The Morgan fingerprint density at radius 3 is 2.90 bits per heavy atom. The third kappa shape index (κ3) is 3.10. The lowest BCUT2D eigenvalue weighted by Crippen LogP contribution is -2.37. The molecule has 2 aromatic carbocycles. The van der Waals surface area contributed by atoms with Crippen molar-refractivity contribution in [3.63, 3.8) is 0 Å². The Morgan fingerprint density at radius 2 is 2.10 bits per heavy atom. The second-order valence-corrected chi connectivity index (χ2v) is 6.28. The van der Waals surface area contributed by atoms with Crippen molar-refractivity contribution < 1.29 is 4.79 Å². The van der Waals surface area contributed by atoms with Crippen LogP contribution in [0.4, 0.5) is 11.4 Å². The first kappa shape index (κ1) is 14.1. The molecule has 1 amide bonds. The quantitative estimate of drug-likeness (QED) is 0.917. The van der Waals surface area contributed by atoms with E-state index in [9.17, 15) is 4.79 Å². The normalized spacial score (nSPS) is 16.7. The molecule has 1 aliphatic rings. The number of hydrogen-bond donors (Lipinski definition) is 1. The lowest BCUT2D eigenvalue weighted by molar-refractivity contribution is -0.115. The Balaban J connectivity index is 1.70. The minimum atomic E-state index is 0.0108. The van der Waals surface area contributed by atoms with Gasteiger partial charge in [0, 0.05) is 21.9 Å². The molecule has 21 heavy (non-hydrogen) atoms. The molecule has 0 aromatic heterocycles. The van der Waals surface area contributed by atoms with Gasteiger partial charge < -0.3 is 10.2 Å². The number of hydrogen-bond acceptors (Lipinski definition) is 2. The molecule has 2 aromatic rings. The lowest BCUT2D eigenvalue weighted by Gasteiger charge is -2.24. The highest BCUT2D eigenvalue weighted by Gasteiger charge is 2.26. The van der Waals surface area contributed by atoms with E-state index in [2.05, 4.69) is 51.3 Å². The minimum absolute atomic E-state index is 0.0108. The molecule has 0 saturated carbocycles. The topological polar surface area (TPSA) is 32.3 Å². The largest absolute Gasteiger partial charge is 0.359 e. The summed E-state index contributed by atoms with van der Waals surface area (Å²) in [5.41, 5.74) is 3.31. The molecule has 0 radical (unpaired) electrons. The highest BCUT2D eigenvalue weighted by molar-refractivity contribution is 9.10. The van der Waals surface area contributed by atoms with Crippen LogP contribution in [0.2, 0.25) is 0 Å². The number of halogens is 1. The van der Waals surface area contributed by atoms with Crippen LogP contribution >= 0.6 is 15.9 Å². The van der Waals surface area contributed by atoms with Gasteiger partial charge in [0.25, 0.3) is 0 Å². The first-order valence-electron chi connectivity index (χ1n) is 7.03. The maximum atomic E-state index is 12.3. The molecule has 0 bridgehead atoms. The highest BCUT2D eigenvalue weighted by Crippen LogP contribution is 2.31. The van der Waals surface area contributed by atoms with Gasteiger partial charge in [-0.25, -0.2) is 0 Å². The molecular weight excluding hydrogens is 328 g/mol. The molecule has 1 atom stereocenters. The van der Waals surface area contributed by atoms with E-state index in [1.165, 1.54) is 11.3 Å². The highest BCUT2D eigenvalue weighted by atomic mass is 79.9. The van der Waals surface area contributed by atoms with Gasteiger partial charge in [-0.05, 0) is 43.2 Å². The van der Waals surface area contributed by atoms with Crippen LogP contribution in [0, 0.1) is 0 Å². The van der Waals surface area contributed by atoms with Gasteiger partial charge in [-0.1, -0.05) is 40.2 Å². The van der Waals surface area contributed by atoms with Crippen molar-refractivity contribution >= 4 is 33.2 Å². The zero-order valence-corrected chi connectivity index (χ0v) is 13.4. The van der Waals surface area contributed by atoms with Crippen LogP contribution < -0.4 is 10.2 Å². The van der Waals surface area contributed by atoms with E-state index in [4.69, 9.17) is 0 Å².